The summed E-state index contributed by atoms with van der Waals surface area (Å²) < 4.78 is 13.2. The van der Waals surface area contributed by atoms with Gasteiger partial charge in [0, 0.05) is 22.0 Å². The van der Waals surface area contributed by atoms with Crippen LogP contribution in [-0.4, -0.2) is 11.8 Å². The van der Waals surface area contributed by atoms with Crippen molar-refractivity contribution in [3.8, 4) is 0 Å². The fourth-order valence-corrected chi connectivity index (χ4v) is 1.96. The Labute approximate surface area is 125 Å². The van der Waals surface area contributed by atoms with Crippen LogP contribution in [0.5, 0.6) is 0 Å². The third-order valence-electron chi connectivity index (χ3n) is 2.65. The molecule has 2 aromatic carbocycles. The van der Waals surface area contributed by atoms with Crippen LogP contribution in [-0.2, 0) is 0 Å². The Hall–Kier alpha value is -2.40. The van der Waals surface area contributed by atoms with Crippen LogP contribution in [0, 0.1) is 5.82 Å². The van der Waals surface area contributed by atoms with Gasteiger partial charge in [-0.05, 0) is 37.3 Å². The summed E-state index contributed by atoms with van der Waals surface area (Å²) in [6.07, 6.45) is 0. The Morgan fingerprint density at radius 3 is 2.43 bits per heavy atom. The van der Waals surface area contributed by atoms with Gasteiger partial charge in [0.05, 0.1) is 0 Å². The van der Waals surface area contributed by atoms with E-state index < -0.39 is 11.8 Å². The minimum atomic E-state index is -0.558. The van der Waals surface area contributed by atoms with Crippen LogP contribution in [0.3, 0.4) is 0 Å². The van der Waals surface area contributed by atoms with Crippen LogP contribution in [0.25, 0.3) is 0 Å². The molecule has 108 valence electrons. The summed E-state index contributed by atoms with van der Waals surface area (Å²) in [6, 6.07) is 9.67. The quantitative estimate of drug-likeness (QED) is 0.829. The van der Waals surface area contributed by atoms with Crippen molar-refractivity contribution in [2.45, 2.75) is 6.92 Å². The van der Waals surface area contributed by atoms with Crippen LogP contribution in [0.2, 0.25) is 5.02 Å². The first kappa shape index (κ1) is 15.0. The van der Waals surface area contributed by atoms with Gasteiger partial charge in [-0.2, -0.15) is 0 Å². The number of ketones is 1. The standard InChI is InChI=1S/C15H12ClFN2O2/c1-9(20)10-3-2-4-13(5-10)18-15(21)19-14-7-11(16)6-12(17)8-14/h2-8H,1H3,(H2,18,19,21). The first-order valence-corrected chi connectivity index (χ1v) is 6.47. The number of hydrogen-bond acceptors (Lipinski definition) is 2. The number of carbonyl (C=O) groups is 2. The molecule has 0 aliphatic heterocycles. The highest BCUT2D eigenvalue weighted by Crippen LogP contribution is 2.18. The molecule has 21 heavy (non-hydrogen) atoms. The van der Waals surface area contributed by atoms with Crippen LogP contribution < -0.4 is 10.6 Å². The molecule has 0 atom stereocenters. The Bertz CT molecular complexity index is 684. The first-order valence-electron chi connectivity index (χ1n) is 6.09. The van der Waals surface area contributed by atoms with Crippen LogP contribution in [0.4, 0.5) is 20.6 Å². The zero-order valence-electron chi connectivity index (χ0n) is 11.1. The molecule has 2 N–H and O–H groups in total. The van der Waals surface area contributed by atoms with Crippen LogP contribution in [0.15, 0.2) is 42.5 Å². The molecule has 0 aliphatic carbocycles. The van der Waals surface area contributed by atoms with Crippen molar-refractivity contribution in [2.75, 3.05) is 10.6 Å². The smallest absolute Gasteiger partial charge is 0.308 e. The molecule has 6 heteroatoms. The number of halogens is 2. The summed E-state index contributed by atoms with van der Waals surface area (Å²) in [5.74, 6) is -0.646. The number of rotatable bonds is 3. The van der Waals surface area contributed by atoms with E-state index in [1.54, 1.807) is 24.3 Å². The SMILES string of the molecule is CC(=O)c1cccc(NC(=O)Nc2cc(F)cc(Cl)c2)c1. The van der Waals surface area contributed by atoms with Gasteiger partial charge in [0.25, 0.3) is 0 Å². The van der Waals surface area contributed by atoms with Crippen molar-refractivity contribution in [3.63, 3.8) is 0 Å². The van der Waals surface area contributed by atoms with Gasteiger partial charge in [0.1, 0.15) is 5.82 Å². The van der Waals surface area contributed by atoms with Crippen LogP contribution in [0.1, 0.15) is 17.3 Å². The van der Waals surface area contributed by atoms with E-state index in [9.17, 15) is 14.0 Å². The predicted molar refractivity (Wildman–Crippen MR) is 80.5 cm³/mol. The van der Waals surface area contributed by atoms with Gasteiger partial charge in [-0.25, -0.2) is 9.18 Å². The molecule has 4 nitrogen and oxygen atoms in total. The molecule has 0 aromatic heterocycles. The maximum Gasteiger partial charge on any atom is 0.323 e. The highest BCUT2D eigenvalue weighted by molar-refractivity contribution is 6.31. The molecule has 0 unspecified atom stereocenters. The van der Waals surface area contributed by atoms with E-state index >= 15 is 0 Å². The van der Waals surface area contributed by atoms with Gasteiger partial charge in [0.15, 0.2) is 5.78 Å². The maximum atomic E-state index is 13.2. The van der Waals surface area contributed by atoms with E-state index in [1.165, 1.54) is 13.0 Å². The predicted octanol–water partition coefficient (Wildman–Crippen LogP) is 4.33. The number of anilines is 2. The maximum absolute atomic E-state index is 13.2. The number of nitrogens with one attached hydrogen (secondary N) is 2. The van der Waals surface area contributed by atoms with Crippen molar-refractivity contribution in [2.24, 2.45) is 0 Å². The third-order valence-corrected chi connectivity index (χ3v) is 2.87. The third kappa shape index (κ3) is 4.29. The Kier molecular flexibility index (Phi) is 4.55. The van der Waals surface area contributed by atoms with Gasteiger partial charge in [0.2, 0.25) is 0 Å². The molecule has 0 saturated carbocycles. The number of carbonyl (C=O) groups excluding carboxylic acids is 2. The average Bonchev–Trinajstić information content (AvgIpc) is 2.37. The van der Waals surface area contributed by atoms with E-state index in [-0.39, 0.29) is 16.5 Å². The summed E-state index contributed by atoms with van der Waals surface area (Å²) in [6.45, 7) is 1.44. The number of urea groups is 1. The second-order valence-electron chi connectivity index (χ2n) is 4.37. The molecular weight excluding hydrogens is 295 g/mol. The average molecular weight is 307 g/mol. The molecule has 2 amide bonds. The summed E-state index contributed by atoms with van der Waals surface area (Å²) in [5, 5.41) is 5.20. The minimum absolute atomic E-state index is 0.101. The summed E-state index contributed by atoms with van der Waals surface area (Å²) in [7, 11) is 0. The fraction of sp³-hybridized carbons (Fsp3) is 0.0667. The van der Waals surface area contributed by atoms with Gasteiger partial charge >= 0.3 is 6.03 Å². The number of amides is 2. The van der Waals surface area contributed by atoms with E-state index in [1.807, 2.05) is 0 Å². The molecule has 2 aromatic rings. The molecule has 0 radical (unpaired) electrons. The molecule has 0 spiro atoms. The highest BCUT2D eigenvalue weighted by Gasteiger charge is 2.06. The fourth-order valence-electron chi connectivity index (χ4n) is 1.74. The minimum Gasteiger partial charge on any atom is -0.308 e. The zero-order valence-corrected chi connectivity index (χ0v) is 11.9. The van der Waals surface area contributed by atoms with E-state index in [0.717, 1.165) is 12.1 Å². The lowest BCUT2D eigenvalue weighted by molar-refractivity contribution is 0.101. The largest absolute Gasteiger partial charge is 0.323 e. The van der Waals surface area contributed by atoms with Crippen molar-refractivity contribution >= 4 is 34.8 Å². The Morgan fingerprint density at radius 1 is 1.05 bits per heavy atom. The van der Waals surface area contributed by atoms with Gasteiger partial charge in [-0.15, -0.1) is 0 Å². The molecular formula is C15H12ClFN2O2. The normalized spacial score (nSPS) is 10.0. The Morgan fingerprint density at radius 2 is 1.76 bits per heavy atom. The topological polar surface area (TPSA) is 58.2 Å². The lowest BCUT2D eigenvalue weighted by atomic mass is 10.1. The molecule has 0 heterocycles. The molecule has 0 saturated heterocycles. The van der Waals surface area contributed by atoms with Crippen molar-refractivity contribution in [3.05, 3.63) is 58.9 Å². The lowest BCUT2D eigenvalue weighted by Gasteiger charge is -2.09. The van der Waals surface area contributed by atoms with Crippen molar-refractivity contribution < 1.29 is 14.0 Å². The van der Waals surface area contributed by atoms with Crippen molar-refractivity contribution in [1.29, 1.82) is 0 Å². The molecule has 0 bridgehead atoms. The number of hydrogen-bond donors (Lipinski definition) is 2. The zero-order chi connectivity index (χ0) is 15.4. The summed E-state index contributed by atoms with van der Waals surface area (Å²) >= 11 is 5.70. The molecule has 2 rings (SSSR count). The first-order chi connectivity index (χ1) is 9.94. The van der Waals surface area contributed by atoms with Gasteiger partial charge in [-0.1, -0.05) is 23.7 Å². The van der Waals surface area contributed by atoms with E-state index in [0.29, 0.717) is 11.3 Å². The highest BCUT2D eigenvalue weighted by atomic mass is 35.5. The summed E-state index contributed by atoms with van der Waals surface area (Å²) in [5.41, 5.74) is 1.18. The second-order valence-corrected chi connectivity index (χ2v) is 4.81. The number of benzene rings is 2. The number of Topliss-reactive ketones (excluding diaryl/α,β-unsaturated/α-hetero) is 1. The summed E-state index contributed by atoms with van der Waals surface area (Å²) in [4.78, 5) is 23.1. The lowest BCUT2D eigenvalue weighted by Crippen LogP contribution is -2.19. The second kappa shape index (κ2) is 6.37. The van der Waals surface area contributed by atoms with Gasteiger partial charge in [-0.3, -0.25) is 4.79 Å². The van der Waals surface area contributed by atoms with E-state index in [2.05, 4.69) is 10.6 Å². The molecule has 0 fully saturated rings. The van der Waals surface area contributed by atoms with Gasteiger partial charge < -0.3 is 10.6 Å². The van der Waals surface area contributed by atoms with Crippen LogP contribution >= 0.6 is 11.6 Å². The van der Waals surface area contributed by atoms with E-state index in [4.69, 9.17) is 11.6 Å². The Balaban J connectivity index is 2.08. The van der Waals surface area contributed by atoms with Crippen molar-refractivity contribution in [1.82, 2.24) is 0 Å². The molecule has 0 aliphatic rings. The monoisotopic (exact) mass is 306 g/mol.